The van der Waals surface area contributed by atoms with Crippen LogP contribution in [0.1, 0.15) is 50.7 Å². The molecular weight excluding hydrogens is 351 g/mol. The molecule has 0 aliphatic carbocycles. The number of carboxylic acids is 1. The summed E-state index contributed by atoms with van der Waals surface area (Å²) in [5.41, 5.74) is 1.74. The molecule has 1 fully saturated rings. The van der Waals surface area contributed by atoms with Crippen molar-refractivity contribution in [1.82, 2.24) is 0 Å². The summed E-state index contributed by atoms with van der Waals surface area (Å²) in [5.74, 6) is -0.978. The van der Waals surface area contributed by atoms with Crippen molar-refractivity contribution in [3.8, 4) is 5.75 Å². The molecule has 1 aliphatic heterocycles. The number of rotatable bonds is 5. The third-order valence-corrected chi connectivity index (χ3v) is 4.36. The van der Waals surface area contributed by atoms with Crippen LogP contribution in [0.5, 0.6) is 5.75 Å². The molecule has 1 aliphatic rings. The van der Waals surface area contributed by atoms with Crippen LogP contribution in [0.3, 0.4) is 0 Å². The Kier molecular flexibility index (Phi) is 8.54. The summed E-state index contributed by atoms with van der Waals surface area (Å²) >= 11 is 0. The Bertz CT molecular complexity index is 593. The van der Waals surface area contributed by atoms with E-state index in [1.807, 2.05) is 45.9 Å². The molecule has 1 saturated heterocycles. The van der Waals surface area contributed by atoms with Gasteiger partial charge in [0.2, 0.25) is 6.29 Å². The number of carbonyl (C=O) groups is 1. The summed E-state index contributed by atoms with van der Waals surface area (Å²) in [5, 5.41) is 40.9. The molecule has 0 bridgehead atoms. The van der Waals surface area contributed by atoms with Crippen LogP contribution in [0.2, 0.25) is 0 Å². The van der Waals surface area contributed by atoms with Crippen LogP contribution in [-0.2, 0) is 9.53 Å². The molecule has 3 N–H and O–H groups in total. The van der Waals surface area contributed by atoms with Gasteiger partial charge >= 0.3 is 29.6 Å². The van der Waals surface area contributed by atoms with Crippen LogP contribution in [0.15, 0.2) is 18.2 Å². The Hall–Kier alpha value is -0.670. The second-order valence-corrected chi connectivity index (χ2v) is 6.91. The summed E-state index contributed by atoms with van der Waals surface area (Å²) in [4.78, 5) is 11.1. The Balaban J connectivity index is 0.00000338. The minimum atomic E-state index is -1.80. The van der Waals surface area contributed by atoms with E-state index in [2.05, 4.69) is 0 Å². The maximum absolute atomic E-state index is 11.1. The largest absolute Gasteiger partial charge is 1.00 e. The van der Waals surface area contributed by atoms with E-state index in [0.29, 0.717) is 5.75 Å². The van der Waals surface area contributed by atoms with Crippen molar-refractivity contribution in [3.63, 3.8) is 0 Å². The van der Waals surface area contributed by atoms with Crippen molar-refractivity contribution < 1.29 is 64.3 Å². The van der Waals surface area contributed by atoms with Gasteiger partial charge in [-0.15, -0.1) is 0 Å². The minimum Gasteiger partial charge on any atom is -0.547 e. The van der Waals surface area contributed by atoms with Gasteiger partial charge in [-0.2, -0.15) is 0 Å². The Morgan fingerprint density at radius 3 is 1.96 bits per heavy atom. The molecular formula is C18H25NaO7. The fourth-order valence-electron chi connectivity index (χ4n) is 2.88. The second-order valence-electron chi connectivity index (χ2n) is 6.91. The molecule has 26 heavy (non-hydrogen) atoms. The first-order chi connectivity index (χ1) is 11.6. The molecule has 2 rings (SSSR count). The SMILES string of the molecule is CC(C)c1cccc(C(C)C)c1O[C@@H]1O[C@H](C(=O)[O-])[C@@H](O)[C@H](O)[C@H]1O.[Na+]. The van der Waals surface area contributed by atoms with Crippen LogP contribution in [0, 0.1) is 0 Å². The van der Waals surface area contributed by atoms with Gasteiger partial charge in [0, 0.05) is 0 Å². The van der Waals surface area contributed by atoms with E-state index < -0.39 is 36.7 Å². The fourth-order valence-corrected chi connectivity index (χ4v) is 2.88. The maximum Gasteiger partial charge on any atom is 1.00 e. The normalized spacial score (nSPS) is 28.7. The Morgan fingerprint density at radius 2 is 1.54 bits per heavy atom. The number of ether oxygens (including phenoxy) is 2. The van der Waals surface area contributed by atoms with E-state index in [1.54, 1.807) is 0 Å². The van der Waals surface area contributed by atoms with Crippen LogP contribution in [0.4, 0.5) is 0 Å². The second kappa shape index (κ2) is 9.50. The molecule has 140 valence electrons. The number of aliphatic carboxylic acids is 1. The zero-order chi connectivity index (χ0) is 18.9. The van der Waals surface area contributed by atoms with E-state index in [1.165, 1.54) is 0 Å². The van der Waals surface area contributed by atoms with Gasteiger partial charge in [-0.05, 0) is 23.0 Å². The molecule has 0 unspecified atom stereocenters. The molecule has 1 heterocycles. The van der Waals surface area contributed by atoms with Gasteiger partial charge in [0.05, 0.1) is 5.97 Å². The molecule has 7 nitrogen and oxygen atoms in total. The zero-order valence-corrected chi connectivity index (χ0v) is 17.7. The molecule has 1 aromatic rings. The predicted octanol–water partition coefficient (Wildman–Crippen LogP) is -3.13. The smallest absolute Gasteiger partial charge is 0.547 e. The fraction of sp³-hybridized carbons (Fsp3) is 0.611. The van der Waals surface area contributed by atoms with Crippen LogP contribution >= 0.6 is 0 Å². The quantitative estimate of drug-likeness (QED) is 0.465. The first-order valence-electron chi connectivity index (χ1n) is 8.35. The molecule has 1 aromatic carbocycles. The van der Waals surface area contributed by atoms with Crippen LogP contribution < -0.4 is 39.4 Å². The molecule has 0 spiro atoms. The van der Waals surface area contributed by atoms with Gasteiger partial charge in [-0.1, -0.05) is 45.9 Å². The van der Waals surface area contributed by atoms with Crippen molar-refractivity contribution in [1.29, 1.82) is 0 Å². The zero-order valence-electron chi connectivity index (χ0n) is 15.7. The van der Waals surface area contributed by atoms with E-state index in [9.17, 15) is 25.2 Å². The maximum atomic E-state index is 11.1. The van der Waals surface area contributed by atoms with E-state index in [-0.39, 0.29) is 41.4 Å². The monoisotopic (exact) mass is 376 g/mol. The molecule has 0 aromatic heterocycles. The molecule has 0 saturated carbocycles. The number of hydrogen-bond acceptors (Lipinski definition) is 7. The molecule has 0 radical (unpaired) electrons. The van der Waals surface area contributed by atoms with Crippen LogP contribution in [-0.4, -0.2) is 52.0 Å². The summed E-state index contributed by atoms with van der Waals surface area (Å²) in [6.45, 7) is 7.92. The average molecular weight is 376 g/mol. The topological polar surface area (TPSA) is 119 Å². The number of para-hydroxylation sites is 1. The predicted molar refractivity (Wildman–Crippen MR) is 86.9 cm³/mol. The Morgan fingerprint density at radius 1 is 1.04 bits per heavy atom. The van der Waals surface area contributed by atoms with Crippen molar-refractivity contribution in [3.05, 3.63) is 29.3 Å². The standard InChI is InChI=1S/C18H26O7.Na/c1-8(2)10-6-5-7-11(9(3)4)15(10)24-18-14(21)12(19)13(20)16(25-18)17(22)23;/h5-9,12-14,16,18-21H,1-4H3,(H,22,23);/q;+1/p-1/t12-,13-,14+,16-,18+;/m0./s1. The number of carbonyl (C=O) groups excluding carboxylic acids is 1. The van der Waals surface area contributed by atoms with Gasteiger partial charge < -0.3 is 34.7 Å². The number of benzene rings is 1. The van der Waals surface area contributed by atoms with E-state index >= 15 is 0 Å². The van der Waals surface area contributed by atoms with E-state index in [4.69, 9.17) is 9.47 Å². The third kappa shape index (κ3) is 4.78. The minimum absolute atomic E-state index is 0. The molecule has 0 amide bonds. The third-order valence-electron chi connectivity index (χ3n) is 4.36. The molecule has 5 atom stereocenters. The van der Waals surface area contributed by atoms with Gasteiger partial charge in [0.1, 0.15) is 30.2 Å². The van der Waals surface area contributed by atoms with Crippen LogP contribution in [0.25, 0.3) is 0 Å². The number of aliphatic hydroxyl groups is 3. The van der Waals surface area contributed by atoms with Crippen molar-refractivity contribution in [2.45, 2.75) is 70.2 Å². The van der Waals surface area contributed by atoms with Crippen molar-refractivity contribution in [2.75, 3.05) is 0 Å². The van der Waals surface area contributed by atoms with Crippen molar-refractivity contribution in [2.24, 2.45) is 0 Å². The van der Waals surface area contributed by atoms with E-state index in [0.717, 1.165) is 11.1 Å². The van der Waals surface area contributed by atoms with Gasteiger partial charge in [0.15, 0.2) is 0 Å². The summed E-state index contributed by atoms with van der Waals surface area (Å²) in [6.07, 6.45) is -8.37. The summed E-state index contributed by atoms with van der Waals surface area (Å²) < 4.78 is 11.0. The summed E-state index contributed by atoms with van der Waals surface area (Å²) in [6, 6.07) is 5.66. The first-order valence-corrected chi connectivity index (χ1v) is 8.35. The number of aliphatic hydroxyl groups excluding tert-OH is 3. The molecule has 8 heteroatoms. The van der Waals surface area contributed by atoms with Gasteiger partial charge in [-0.3, -0.25) is 0 Å². The summed E-state index contributed by atoms with van der Waals surface area (Å²) in [7, 11) is 0. The van der Waals surface area contributed by atoms with Gasteiger partial charge in [0.25, 0.3) is 0 Å². The number of carboxylic acid groups (broad SMARTS) is 1. The average Bonchev–Trinajstić information content (AvgIpc) is 2.54. The Labute approximate surface area is 175 Å². The van der Waals surface area contributed by atoms with Gasteiger partial charge in [-0.25, -0.2) is 0 Å². The van der Waals surface area contributed by atoms with Crippen molar-refractivity contribution >= 4 is 5.97 Å². The number of hydrogen-bond donors (Lipinski definition) is 3. The first kappa shape index (κ1) is 23.4.